The summed E-state index contributed by atoms with van der Waals surface area (Å²) in [5.41, 5.74) is 5.09. The first kappa shape index (κ1) is 14.1. The van der Waals surface area contributed by atoms with E-state index in [0.717, 1.165) is 6.42 Å². The molecule has 100 valence electrons. The van der Waals surface area contributed by atoms with Gasteiger partial charge in [-0.3, -0.25) is 0 Å². The van der Waals surface area contributed by atoms with Gasteiger partial charge in [-0.25, -0.2) is 0 Å². The van der Waals surface area contributed by atoms with Crippen LogP contribution in [-0.4, -0.2) is 0 Å². The standard InChI is InChI=1S/C20H20/c1-3-8-19(9-4-2)20-14-12-18(13-15-20)16-17-10-6-5-7-11-17/h3-15H,1,16H2,2H3/b9-4-,19-8+. The molecule has 2 aromatic rings. The molecule has 0 nitrogen and oxygen atoms in total. The van der Waals surface area contributed by atoms with Gasteiger partial charge in [0, 0.05) is 0 Å². The average Bonchev–Trinajstić information content (AvgIpc) is 2.49. The van der Waals surface area contributed by atoms with E-state index in [0.29, 0.717) is 0 Å². The summed E-state index contributed by atoms with van der Waals surface area (Å²) < 4.78 is 0. The first-order valence-electron chi connectivity index (χ1n) is 6.92. The third kappa shape index (κ3) is 3.83. The minimum Gasteiger partial charge on any atom is -0.0990 e. The van der Waals surface area contributed by atoms with Gasteiger partial charge >= 0.3 is 0 Å². The van der Waals surface area contributed by atoms with Gasteiger partial charge in [0.15, 0.2) is 0 Å². The van der Waals surface area contributed by atoms with E-state index in [1.54, 1.807) is 0 Å². The Bertz CT molecular complexity index is 598. The molecule has 2 rings (SSSR count). The minimum atomic E-state index is 0.977. The second-order valence-electron chi connectivity index (χ2n) is 4.72. The molecule has 0 aromatic heterocycles. The van der Waals surface area contributed by atoms with Crippen molar-refractivity contribution in [3.63, 3.8) is 0 Å². The van der Waals surface area contributed by atoms with Gasteiger partial charge in [-0.05, 0) is 35.6 Å². The Morgan fingerprint density at radius 3 is 2.20 bits per heavy atom. The molecule has 0 aliphatic heterocycles. The van der Waals surface area contributed by atoms with Crippen molar-refractivity contribution >= 4 is 5.57 Å². The van der Waals surface area contributed by atoms with Crippen molar-refractivity contribution in [2.24, 2.45) is 0 Å². The molecular weight excluding hydrogens is 240 g/mol. The molecule has 0 N–H and O–H groups in total. The van der Waals surface area contributed by atoms with E-state index < -0.39 is 0 Å². The van der Waals surface area contributed by atoms with Crippen molar-refractivity contribution in [3.05, 3.63) is 102 Å². The van der Waals surface area contributed by atoms with Gasteiger partial charge in [0.05, 0.1) is 0 Å². The van der Waals surface area contributed by atoms with Gasteiger partial charge in [-0.2, -0.15) is 0 Å². The van der Waals surface area contributed by atoms with Crippen LogP contribution in [0.5, 0.6) is 0 Å². The van der Waals surface area contributed by atoms with Crippen molar-refractivity contribution < 1.29 is 0 Å². The quantitative estimate of drug-likeness (QED) is 0.629. The van der Waals surface area contributed by atoms with E-state index in [9.17, 15) is 0 Å². The van der Waals surface area contributed by atoms with Gasteiger partial charge in [0.25, 0.3) is 0 Å². The fraction of sp³-hybridized carbons (Fsp3) is 0.100. The first-order valence-corrected chi connectivity index (χ1v) is 6.92. The predicted molar refractivity (Wildman–Crippen MR) is 88.7 cm³/mol. The summed E-state index contributed by atoms with van der Waals surface area (Å²) in [5.74, 6) is 0. The second kappa shape index (κ2) is 7.30. The summed E-state index contributed by atoms with van der Waals surface area (Å²) >= 11 is 0. The molecule has 20 heavy (non-hydrogen) atoms. The molecule has 0 heterocycles. The van der Waals surface area contributed by atoms with E-state index in [2.05, 4.69) is 67.3 Å². The van der Waals surface area contributed by atoms with Crippen LogP contribution in [0, 0.1) is 0 Å². The molecule has 0 spiro atoms. The molecule has 0 radical (unpaired) electrons. The van der Waals surface area contributed by atoms with Crippen LogP contribution in [-0.2, 0) is 6.42 Å². The van der Waals surface area contributed by atoms with Crippen LogP contribution in [0.1, 0.15) is 23.6 Å². The maximum Gasteiger partial charge on any atom is -0.00258 e. The van der Waals surface area contributed by atoms with Crippen LogP contribution < -0.4 is 0 Å². The molecule has 0 atom stereocenters. The van der Waals surface area contributed by atoms with Crippen LogP contribution in [0.15, 0.2) is 85.5 Å². The normalized spacial score (nSPS) is 11.8. The first-order chi connectivity index (χ1) is 9.83. The zero-order valence-electron chi connectivity index (χ0n) is 11.9. The predicted octanol–water partition coefficient (Wildman–Crippen LogP) is 5.42. The number of hydrogen-bond acceptors (Lipinski definition) is 0. The molecule has 0 saturated carbocycles. The Kier molecular flexibility index (Phi) is 5.14. The van der Waals surface area contributed by atoms with Crippen LogP contribution in [0.3, 0.4) is 0 Å². The fourth-order valence-corrected chi connectivity index (χ4v) is 2.20. The highest BCUT2D eigenvalue weighted by Crippen LogP contribution is 2.18. The lowest BCUT2D eigenvalue weighted by atomic mass is 10.00. The van der Waals surface area contributed by atoms with E-state index in [1.165, 1.54) is 22.3 Å². The van der Waals surface area contributed by atoms with Gasteiger partial charge in [-0.15, -0.1) is 0 Å². The molecule has 2 aromatic carbocycles. The lowest BCUT2D eigenvalue weighted by molar-refractivity contribution is 1.19. The summed E-state index contributed by atoms with van der Waals surface area (Å²) in [6.07, 6.45) is 8.99. The molecular formula is C20H20. The SMILES string of the molecule is C=C/C=C(\C=C/C)c1ccc(Cc2ccccc2)cc1. The number of hydrogen-bond donors (Lipinski definition) is 0. The molecule has 0 fully saturated rings. The van der Waals surface area contributed by atoms with E-state index in [4.69, 9.17) is 0 Å². The lowest BCUT2D eigenvalue weighted by Gasteiger charge is -2.05. The molecule has 0 aliphatic rings. The highest BCUT2D eigenvalue weighted by atomic mass is 14.0. The maximum atomic E-state index is 3.77. The smallest absolute Gasteiger partial charge is 0.00258 e. The lowest BCUT2D eigenvalue weighted by Crippen LogP contribution is -1.88. The molecule has 0 aliphatic carbocycles. The second-order valence-corrected chi connectivity index (χ2v) is 4.72. The average molecular weight is 260 g/mol. The van der Waals surface area contributed by atoms with Crippen molar-refractivity contribution in [3.8, 4) is 0 Å². The maximum absolute atomic E-state index is 3.77. The number of rotatable bonds is 5. The Balaban J connectivity index is 2.17. The summed E-state index contributed by atoms with van der Waals surface area (Å²) in [5, 5.41) is 0. The third-order valence-corrected chi connectivity index (χ3v) is 3.18. The van der Waals surface area contributed by atoms with Crippen molar-refractivity contribution in [1.82, 2.24) is 0 Å². The van der Waals surface area contributed by atoms with Crippen LogP contribution in [0.4, 0.5) is 0 Å². The Morgan fingerprint density at radius 1 is 0.950 bits per heavy atom. The van der Waals surface area contributed by atoms with Crippen molar-refractivity contribution in [2.75, 3.05) is 0 Å². The Morgan fingerprint density at radius 2 is 1.60 bits per heavy atom. The van der Waals surface area contributed by atoms with Crippen LogP contribution in [0.2, 0.25) is 0 Å². The van der Waals surface area contributed by atoms with Gasteiger partial charge < -0.3 is 0 Å². The summed E-state index contributed by atoms with van der Waals surface area (Å²) in [7, 11) is 0. The van der Waals surface area contributed by atoms with E-state index in [1.807, 2.05) is 25.2 Å². The summed E-state index contributed by atoms with van der Waals surface area (Å²) in [6, 6.07) is 19.3. The third-order valence-electron chi connectivity index (χ3n) is 3.18. The molecule has 0 bridgehead atoms. The van der Waals surface area contributed by atoms with Crippen LogP contribution >= 0.6 is 0 Å². The zero-order valence-corrected chi connectivity index (χ0v) is 11.9. The summed E-state index contributed by atoms with van der Waals surface area (Å²) in [4.78, 5) is 0. The van der Waals surface area contributed by atoms with Gasteiger partial charge in [0.1, 0.15) is 0 Å². The van der Waals surface area contributed by atoms with Crippen molar-refractivity contribution in [2.45, 2.75) is 13.3 Å². The molecule has 0 unspecified atom stereocenters. The van der Waals surface area contributed by atoms with E-state index in [-0.39, 0.29) is 0 Å². The zero-order chi connectivity index (χ0) is 14.2. The number of allylic oxidation sites excluding steroid dienone is 5. The van der Waals surface area contributed by atoms with Crippen LogP contribution in [0.25, 0.3) is 5.57 Å². The van der Waals surface area contributed by atoms with Gasteiger partial charge in [-0.1, -0.05) is 85.5 Å². The van der Waals surface area contributed by atoms with Crippen molar-refractivity contribution in [1.29, 1.82) is 0 Å². The Labute approximate surface area is 121 Å². The fourth-order valence-electron chi connectivity index (χ4n) is 2.20. The highest BCUT2D eigenvalue weighted by Gasteiger charge is 1.99. The van der Waals surface area contributed by atoms with E-state index >= 15 is 0 Å². The largest absolute Gasteiger partial charge is 0.0990 e. The van der Waals surface area contributed by atoms with Gasteiger partial charge in [0.2, 0.25) is 0 Å². The topological polar surface area (TPSA) is 0 Å². The minimum absolute atomic E-state index is 0.977. The molecule has 0 heteroatoms. The summed E-state index contributed by atoms with van der Waals surface area (Å²) in [6.45, 7) is 5.80. The molecule has 0 saturated heterocycles. The Hall–Kier alpha value is -2.34. The highest BCUT2D eigenvalue weighted by molar-refractivity contribution is 5.75. The number of benzene rings is 2. The molecule has 0 amide bonds. The monoisotopic (exact) mass is 260 g/mol.